The van der Waals surface area contributed by atoms with Crippen molar-refractivity contribution in [1.82, 2.24) is 33.7 Å². The van der Waals surface area contributed by atoms with Gasteiger partial charge in [0.1, 0.15) is 28.7 Å². The van der Waals surface area contributed by atoms with Gasteiger partial charge in [-0.1, -0.05) is 30.7 Å². The number of carbonyl (C=O) groups is 1. The molecule has 11 nitrogen and oxygen atoms in total. The van der Waals surface area contributed by atoms with E-state index >= 15 is 0 Å². The number of fused-ring (bicyclic) bond motifs is 2. The molecule has 13 heteroatoms. The SMILES string of the molecule is O=C(N[C@H]1CC[C@@H](n2c(=O)c3cc(F)cnc3n(-c3cccc(-c4ccc(OCCCN5CCCCC5)cc4)c3)c2=O)CC1)c1cn2cc(F)ccc2n1. The van der Waals surface area contributed by atoms with E-state index in [1.807, 2.05) is 42.5 Å². The fraction of sp³-hybridized carbons (Fsp3) is 0.341. The highest BCUT2D eigenvalue weighted by Crippen LogP contribution is 2.29. The number of halogens is 2. The van der Waals surface area contributed by atoms with Gasteiger partial charge in [0.15, 0.2) is 5.65 Å². The molecule has 1 amide bonds. The van der Waals surface area contributed by atoms with Crippen molar-refractivity contribution in [3.8, 4) is 22.6 Å². The highest BCUT2D eigenvalue weighted by molar-refractivity contribution is 5.93. The molecule has 54 heavy (non-hydrogen) atoms. The molecule has 1 saturated heterocycles. The number of likely N-dealkylation sites (tertiary alicyclic amines) is 1. The summed E-state index contributed by atoms with van der Waals surface area (Å²) in [5.41, 5.74) is 1.76. The molecule has 2 fully saturated rings. The fourth-order valence-electron chi connectivity index (χ4n) is 7.78. The summed E-state index contributed by atoms with van der Waals surface area (Å²) < 4.78 is 38.2. The molecule has 0 atom stereocenters. The van der Waals surface area contributed by atoms with Crippen molar-refractivity contribution in [3.63, 3.8) is 0 Å². The Morgan fingerprint density at radius 2 is 1.67 bits per heavy atom. The van der Waals surface area contributed by atoms with E-state index in [0.717, 1.165) is 42.1 Å². The monoisotopic (exact) mass is 733 g/mol. The number of nitrogens with one attached hydrogen (secondary N) is 1. The van der Waals surface area contributed by atoms with Crippen molar-refractivity contribution in [3.05, 3.63) is 123 Å². The van der Waals surface area contributed by atoms with Crippen molar-refractivity contribution in [2.24, 2.45) is 0 Å². The summed E-state index contributed by atoms with van der Waals surface area (Å²) in [6.07, 6.45) is 10.4. The molecule has 2 aliphatic rings. The number of aromatic nitrogens is 5. The van der Waals surface area contributed by atoms with Gasteiger partial charge in [0, 0.05) is 31.0 Å². The van der Waals surface area contributed by atoms with Crippen molar-refractivity contribution in [1.29, 1.82) is 0 Å². The molecular formula is C41H41F2N7O4. The lowest BCUT2D eigenvalue weighted by Gasteiger charge is -2.30. The minimum absolute atomic E-state index is 0.000466. The lowest BCUT2D eigenvalue weighted by Crippen LogP contribution is -2.45. The smallest absolute Gasteiger partial charge is 0.337 e. The average Bonchev–Trinajstić information content (AvgIpc) is 3.62. The van der Waals surface area contributed by atoms with Gasteiger partial charge in [-0.25, -0.2) is 28.1 Å². The number of hydrogen-bond donors (Lipinski definition) is 1. The second kappa shape index (κ2) is 15.3. The van der Waals surface area contributed by atoms with Crippen molar-refractivity contribution in [2.45, 2.75) is 63.5 Å². The van der Waals surface area contributed by atoms with Crippen LogP contribution in [0.5, 0.6) is 5.75 Å². The van der Waals surface area contributed by atoms with Crippen LogP contribution in [0.15, 0.2) is 94.9 Å². The molecule has 0 spiro atoms. The number of benzene rings is 2. The molecule has 4 aromatic heterocycles. The summed E-state index contributed by atoms with van der Waals surface area (Å²) in [6, 6.07) is 18.4. The third-order valence-electron chi connectivity index (χ3n) is 10.6. The van der Waals surface area contributed by atoms with E-state index in [4.69, 9.17) is 4.74 Å². The van der Waals surface area contributed by atoms with E-state index < -0.39 is 28.9 Å². The van der Waals surface area contributed by atoms with Crippen LogP contribution in [0.2, 0.25) is 0 Å². The first kappa shape index (κ1) is 35.3. The maximum Gasteiger partial charge on any atom is 0.337 e. The van der Waals surface area contributed by atoms with E-state index in [2.05, 4.69) is 20.2 Å². The van der Waals surface area contributed by atoms with Crippen LogP contribution in [-0.2, 0) is 0 Å². The summed E-state index contributed by atoms with van der Waals surface area (Å²) in [5, 5.41) is 2.99. The molecule has 6 aromatic rings. The lowest BCUT2D eigenvalue weighted by atomic mass is 9.90. The van der Waals surface area contributed by atoms with Crippen LogP contribution in [0.25, 0.3) is 33.5 Å². The van der Waals surface area contributed by atoms with E-state index in [1.165, 1.54) is 70.4 Å². The van der Waals surface area contributed by atoms with Crippen LogP contribution in [0.3, 0.4) is 0 Å². The number of nitrogens with zero attached hydrogens (tertiary/aromatic N) is 6. The number of rotatable bonds is 10. The van der Waals surface area contributed by atoms with Gasteiger partial charge in [0.05, 0.1) is 23.9 Å². The van der Waals surface area contributed by atoms with Gasteiger partial charge in [0.25, 0.3) is 11.5 Å². The number of hydrogen-bond acceptors (Lipinski definition) is 7. The maximum atomic E-state index is 14.6. The minimum Gasteiger partial charge on any atom is -0.494 e. The largest absolute Gasteiger partial charge is 0.494 e. The Morgan fingerprint density at radius 1 is 0.870 bits per heavy atom. The van der Waals surface area contributed by atoms with Gasteiger partial charge >= 0.3 is 5.69 Å². The summed E-state index contributed by atoms with van der Waals surface area (Å²) in [5.74, 6) is -0.723. The van der Waals surface area contributed by atoms with Crippen LogP contribution >= 0.6 is 0 Å². The molecule has 0 bridgehead atoms. The number of amides is 1. The minimum atomic E-state index is -0.681. The third-order valence-corrected chi connectivity index (χ3v) is 10.6. The first-order valence-electron chi connectivity index (χ1n) is 18.6. The van der Waals surface area contributed by atoms with Gasteiger partial charge in [-0.05, 0) is 112 Å². The summed E-state index contributed by atoms with van der Waals surface area (Å²) in [7, 11) is 0. The molecule has 1 saturated carbocycles. The van der Waals surface area contributed by atoms with Gasteiger partial charge in [0.2, 0.25) is 0 Å². The Bertz CT molecular complexity index is 2430. The zero-order chi connectivity index (χ0) is 37.2. The third kappa shape index (κ3) is 7.41. The van der Waals surface area contributed by atoms with Crippen LogP contribution in [0, 0.1) is 11.6 Å². The summed E-state index contributed by atoms with van der Waals surface area (Å²) in [6.45, 7) is 4.03. The van der Waals surface area contributed by atoms with Crippen LogP contribution in [-0.4, -0.2) is 66.6 Å². The Kier molecular flexibility index (Phi) is 10.0. The molecule has 8 rings (SSSR count). The standard InChI is InChI=1S/C41H41F2N7O4/c42-29-10-17-37-46-36(26-48(37)25-29)39(51)45-31-11-13-32(14-12-31)50-40(52)35-23-30(43)24-44-38(35)49(41(50)53)33-7-4-6-28(22-33)27-8-15-34(16-9-27)54-21-5-20-47-18-2-1-3-19-47/h4,6-10,15-17,22-26,31-32H,1-3,5,11-14,18-21H2,(H,45,51)/t31-,32+. The first-order valence-corrected chi connectivity index (χ1v) is 18.6. The predicted octanol–water partition coefficient (Wildman–Crippen LogP) is 6.31. The molecule has 1 aliphatic heterocycles. The number of imidazole rings is 1. The Balaban J connectivity index is 0.999. The predicted molar refractivity (Wildman–Crippen MR) is 201 cm³/mol. The molecular weight excluding hydrogens is 692 g/mol. The second-order valence-electron chi connectivity index (χ2n) is 14.2. The highest BCUT2D eigenvalue weighted by Gasteiger charge is 2.29. The topological polar surface area (TPSA) is 116 Å². The van der Waals surface area contributed by atoms with Crippen molar-refractivity contribution >= 4 is 22.6 Å². The molecule has 0 unspecified atom stereocenters. The Hall–Kier alpha value is -5.69. The van der Waals surface area contributed by atoms with Gasteiger partial charge in [-0.2, -0.15) is 0 Å². The average molecular weight is 734 g/mol. The van der Waals surface area contributed by atoms with Gasteiger partial charge in [-0.15, -0.1) is 0 Å². The molecule has 2 aromatic carbocycles. The fourth-order valence-corrected chi connectivity index (χ4v) is 7.78. The maximum absolute atomic E-state index is 14.6. The van der Waals surface area contributed by atoms with E-state index in [1.54, 1.807) is 6.07 Å². The number of ether oxygens (including phenoxy) is 1. The number of carbonyl (C=O) groups excluding carboxylic acids is 1. The molecule has 1 aliphatic carbocycles. The zero-order valence-corrected chi connectivity index (χ0v) is 29.8. The van der Waals surface area contributed by atoms with Gasteiger partial charge < -0.3 is 19.4 Å². The zero-order valence-electron chi connectivity index (χ0n) is 29.8. The van der Waals surface area contributed by atoms with E-state index in [0.29, 0.717) is 43.6 Å². The molecule has 1 N–H and O–H groups in total. The van der Waals surface area contributed by atoms with Crippen LogP contribution < -0.4 is 21.3 Å². The number of piperidine rings is 1. The van der Waals surface area contributed by atoms with E-state index in [-0.39, 0.29) is 28.7 Å². The Labute approximate surface area is 309 Å². The van der Waals surface area contributed by atoms with E-state index in [9.17, 15) is 23.2 Å². The van der Waals surface area contributed by atoms with Crippen molar-refractivity contribution < 1.29 is 18.3 Å². The number of pyridine rings is 2. The summed E-state index contributed by atoms with van der Waals surface area (Å²) in [4.78, 5) is 52.2. The Morgan fingerprint density at radius 3 is 2.46 bits per heavy atom. The normalized spacial score (nSPS) is 17.9. The summed E-state index contributed by atoms with van der Waals surface area (Å²) >= 11 is 0. The van der Waals surface area contributed by atoms with Crippen LogP contribution in [0.4, 0.5) is 8.78 Å². The first-order chi connectivity index (χ1) is 26.3. The van der Waals surface area contributed by atoms with Crippen molar-refractivity contribution in [2.75, 3.05) is 26.2 Å². The molecule has 0 radical (unpaired) electrons. The molecule has 5 heterocycles. The second-order valence-corrected chi connectivity index (χ2v) is 14.2. The van der Waals surface area contributed by atoms with Crippen LogP contribution in [0.1, 0.15) is 67.9 Å². The lowest BCUT2D eigenvalue weighted by molar-refractivity contribution is 0.0917. The quantitative estimate of drug-likeness (QED) is 0.164. The van der Waals surface area contributed by atoms with Gasteiger partial charge in [-0.3, -0.25) is 14.2 Å². The molecule has 278 valence electrons. The highest BCUT2D eigenvalue weighted by atomic mass is 19.1.